The highest BCUT2D eigenvalue weighted by Gasteiger charge is 2.44. The molecule has 1 aliphatic heterocycles. The van der Waals surface area contributed by atoms with E-state index in [0.717, 1.165) is 11.1 Å². The minimum atomic E-state index is -3.81. The number of rotatable bonds is 8. The summed E-state index contributed by atoms with van der Waals surface area (Å²) >= 11 is 0. The van der Waals surface area contributed by atoms with Crippen molar-refractivity contribution in [2.45, 2.75) is 28.1 Å². The lowest BCUT2D eigenvalue weighted by Gasteiger charge is -2.27. The van der Waals surface area contributed by atoms with Gasteiger partial charge in [0.05, 0.1) is 29.8 Å². The molecule has 0 aromatic heterocycles. The van der Waals surface area contributed by atoms with Crippen LogP contribution in [-0.2, 0) is 22.9 Å². The Labute approximate surface area is 195 Å². The quantitative estimate of drug-likeness (QED) is 0.424. The van der Waals surface area contributed by atoms with Crippen LogP contribution in [0.25, 0.3) is 0 Å². The largest absolute Gasteiger partial charge is 0.493 e. The van der Waals surface area contributed by atoms with Crippen molar-refractivity contribution in [1.29, 1.82) is 0 Å². The maximum atomic E-state index is 13.4. The van der Waals surface area contributed by atoms with Crippen LogP contribution in [0.15, 0.2) is 76.5 Å². The number of hydrogen-bond acceptors (Lipinski definition) is 7. The normalized spacial score (nSPS) is 17.9. The van der Waals surface area contributed by atoms with Crippen molar-refractivity contribution in [2.24, 2.45) is 0 Å². The van der Waals surface area contributed by atoms with Gasteiger partial charge in [-0.05, 0) is 35.4 Å². The third kappa shape index (κ3) is 4.47. The molecule has 3 N–H and O–H groups in total. The second-order valence-corrected chi connectivity index (χ2v) is 12.0. The van der Waals surface area contributed by atoms with E-state index >= 15 is 0 Å². The molecule has 0 amide bonds. The van der Waals surface area contributed by atoms with Gasteiger partial charge in [-0.1, -0.05) is 42.5 Å². The average molecular weight is 490 g/mol. The van der Waals surface area contributed by atoms with Crippen LogP contribution in [0.3, 0.4) is 0 Å². The summed E-state index contributed by atoms with van der Waals surface area (Å²) in [6.07, 6.45) is 0. The molecule has 1 atom stereocenters. The van der Waals surface area contributed by atoms with E-state index in [1.165, 1.54) is 12.1 Å². The van der Waals surface area contributed by atoms with E-state index in [4.69, 9.17) is 9.47 Å². The third-order valence-corrected chi connectivity index (χ3v) is 9.93. The lowest BCUT2D eigenvalue weighted by molar-refractivity contribution is 0.350. The standard InChI is InChI=1S/C24H27NO6S2/c1-30-20-12-6-9-18(24(20)31-2)15-25-14-17-8-7-13-21-23(17)22(16-32(21,26)27)33(28,29)19-10-4-3-5-11-19/h3-13,22,25-27H,14-16H2,1-2H3. The fourth-order valence-electron chi connectivity index (χ4n) is 4.22. The summed E-state index contributed by atoms with van der Waals surface area (Å²) in [5.41, 5.74) is 2.09. The Bertz CT molecular complexity index is 1250. The molecule has 1 aliphatic rings. The number of nitrogens with one attached hydrogen (secondary N) is 1. The van der Waals surface area contributed by atoms with Crippen LogP contribution in [0.2, 0.25) is 0 Å². The SMILES string of the molecule is COc1cccc(CNCc2cccc3c2C(S(=O)(=O)c2ccccc2)CS3(O)O)c1OC. The minimum absolute atomic E-state index is 0.168. The third-order valence-electron chi connectivity index (χ3n) is 5.78. The van der Waals surface area contributed by atoms with Gasteiger partial charge in [0, 0.05) is 18.7 Å². The second kappa shape index (κ2) is 9.36. The van der Waals surface area contributed by atoms with Gasteiger partial charge in [0.1, 0.15) is 5.25 Å². The molecular weight excluding hydrogens is 462 g/mol. The highest BCUT2D eigenvalue weighted by molar-refractivity contribution is 8.25. The summed E-state index contributed by atoms with van der Waals surface area (Å²) in [6, 6.07) is 18.9. The van der Waals surface area contributed by atoms with Gasteiger partial charge in [-0.2, -0.15) is 10.6 Å². The summed E-state index contributed by atoms with van der Waals surface area (Å²) in [7, 11) is -3.86. The first-order chi connectivity index (χ1) is 15.8. The van der Waals surface area contributed by atoms with Crippen LogP contribution < -0.4 is 14.8 Å². The average Bonchev–Trinajstić information content (AvgIpc) is 3.11. The molecule has 0 fully saturated rings. The zero-order valence-electron chi connectivity index (χ0n) is 18.4. The van der Waals surface area contributed by atoms with E-state index in [1.54, 1.807) is 44.6 Å². The number of para-hydroxylation sites is 1. The molecule has 0 radical (unpaired) electrons. The maximum absolute atomic E-state index is 13.4. The number of benzene rings is 3. The summed E-state index contributed by atoms with van der Waals surface area (Å²) in [6.45, 7) is 0.802. The van der Waals surface area contributed by atoms with Gasteiger partial charge in [-0.15, -0.1) is 0 Å². The summed E-state index contributed by atoms with van der Waals surface area (Å²) in [5.74, 6) is 1.02. The summed E-state index contributed by atoms with van der Waals surface area (Å²) < 4.78 is 59.1. The van der Waals surface area contributed by atoms with Crippen molar-refractivity contribution < 1.29 is 27.0 Å². The van der Waals surface area contributed by atoms with Gasteiger partial charge in [0.2, 0.25) is 0 Å². The molecule has 176 valence electrons. The maximum Gasteiger partial charge on any atom is 0.187 e. The lowest BCUT2D eigenvalue weighted by Crippen LogP contribution is -2.19. The predicted octanol–water partition coefficient (Wildman–Crippen LogP) is 4.63. The first-order valence-corrected chi connectivity index (χ1v) is 13.6. The molecule has 7 nitrogen and oxygen atoms in total. The Hall–Kier alpha value is -2.56. The van der Waals surface area contributed by atoms with Crippen molar-refractivity contribution in [3.63, 3.8) is 0 Å². The van der Waals surface area contributed by atoms with Crippen molar-refractivity contribution in [3.8, 4) is 11.5 Å². The van der Waals surface area contributed by atoms with Crippen LogP contribution in [-0.4, -0.2) is 37.5 Å². The number of sulfone groups is 1. The van der Waals surface area contributed by atoms with E-state index in [2.05, 4.69) is 5.32 Å². The Morgan fingerprint density at radius 3 is 2.27 bits per heavy atom. The Morgan fingerprint density at radius 1 is 0.909 bits per heavy atom. The Balaban J connectivity index is 1.64. The Morgan fingerprint density at radius 2 is 1.58 bits per heavy atom. The monoisotopic (exact) mass is 489 g/mol. The summed E-state index contributed by atoms with van der Waals surface area (Å²) in [5, 5.41) is 2.30. The van der Waals surface area contributed by atoms with Crippen molar-refractivity contribution >= 4 is 20.4 Å². The summed E-state index contributed by atoms with van der Waals surface area (Å²) in [4.78, 5) is 0.479. The molecule has 33 heavy (non-hydrogen) atoms. The van der Waals surface area contributed by atoms with Gasteiger partial charge >= 0.3 is 0 Å². The van der Waals surface area contributed by atoms with Crippen molar-refractivity contribution in [2.75, 3.05) is 20.0 Å². The molecular formula is C24H27NO6S2. The number of fused-ring (bicyclic) bond motifs is 1. The topological polar surface area (TPSA) is 105 Å². The highest BCUT2D eigenvalue weighted by atomic mass is 32.3. The van der Waals surface area contributed by atoms with Gasteiger partial charge in [-0.3, -0.25) is 9.11 Å². The van der Waals surface area contributed by atoms with Crippen LogP contribution in [0, 0.1) is 0 Å². The van der Waals surface area contributed by atoms with Gasteiger partial charge in [0.15, 0.2) is 21.3 Å². The van der Waals surface area contributed by atoms with E-state index in [-0.39, 0.29) is 10.6 Å². The molecule has 0 spiro atoms. The minimum Gasteiger partial charge on any atom is -0.493 e. The molecule has 9 heteroatoms. The predicted molar refractivity (Wildman–Crippen MR) is 129 cm³/mol. The van der Waals surface area contributed by atoms with Crippen LogP contribution in [0.4, 0.5) is 0 Å². The fourth-order valence-corrected chi connectivity index (χ4v) is 8.73. The van der Waals surface area contributed by atoms with Crippen LogP contribution in [0.1, 0.15) is 21.9 Å². The molecule has 4 rings (SSSR count). The first kappa shape index (κ1) is 23.6. The van der Waals surface area contributed by atoms with Crippen molar-refractivity contribution in [3.05, 3.63) is 83.4 Å². The zero-order chi connectivity index (χ0) is 23.6. The van der Waals surface area contributed by atoms with E-state index in [1.807, 2.05) is 24.3 Å². The molecule has 0 aliphatic carbocycles. The molecule has 0 bridgehead atoms. The second-order valence-electron chi connectivity index (χ2n) is 7.77. The van der Waals surface area contributed by atoms with Gasteiger partial charge in [0.25, 0.3) is 0 Å². The zero-order valence-corrected chi connectivity index (χ0v) is 20.0. The molecule has 3 aromatic carbocycles. The Kier molecular flexibility index (Phi) is 6.69. The number of ether oxygens (including phenoxy) is 2. The lowest BCUT2D eigenvalue weighted by atomic mass is 10.0. The van der Waals surface area contributed by atoms with Gasteiger partial charge < -0.3 is 14.8 Å². The van der Waals surface area contributed by atoms with E-state index in [9.17, 15) is 17.5 Å². The fraction of sp³-hybridized carbons (Fsp3) is 0.250. The molecule has 0 saturated carbocycles. The van der Waals surface area contributed by atoms with E-state index in [0.29, 0.717) is 35.0 Å². The smallest absolute Gasteiger partial charge is 0.187 e. The molecule has 3 aromatic rings. The first-order valence-electron chi connectivity index (χ1n) is 10.4. The number of methoxy groups -OCH3 is 2. The van der Waals surface area contributed by atoms with Crippen LogP contribution in [0.5, 0.6) is 11.5 Å². The molecule has 0 saturated heterocycles. The number of hydrogen-bond donors (Lipinski definition) is 3. The highest BCUT2D eigenvalue weighted by Crippen LogP contribution is 2.62. The van der Waals surface area contributed by atoms with E-state index < -0.39 is 25.7 Å². The molecule has 1 unspecified atom stereocenters. The molecule has 1 heterocycles. The van der Waals surface area contributed by atoms with Crippen molar-refractivity contribution in [1.82, 2.24) is 5.32 Å². The van der Waals surface area contributed by atoms with Gasteiger partial charge in [-0.25, -0.2) is 8.42 Å². The van der Waals surface area contributed by atoms with Crippen LogP contribution >= 0.6 is 10.6 Å².